The number of aliphatic hydroxyl groups excluding tert-OH is 1. The first-order valence-corrected chi connectivity index (χ1v) is 9.93. The minimum Gasteiger partial charge on any atom is -0.387 e. The van der Waals surface area contributed by atoms with E-state index in [1.54, 1.807) is 27.7 Å². The van der Waals surface area contributed by atoms with Crippen molar-refractivity contribution in [3.8, 4) is 0 Å². The van der Waals surface area contributed by atoms with Crippen LogP contribution in [0.1, 0.15) is 42.7 Å². The van der Waals surface area contributed by atoms with Crippen molar-refractivity contribution in [2.24, 2.45) is 5.92 Å². The van der Waals surface area contributed by atoms with Gasteiger partial charge in [0.1, 0.15) is 6.04 Å². The molecule has 7 nitrogen and oxygen atoms in total. The molecule has 2 bridgehead atoms. The van der Waals surface area contributed by atoms with E-state index in [2.05, 4.69) is 5.32 Å². The lowest BCUT2D eigenvalue weighted by Crippen LogP contribution is -2.54. The summed E-state index contributed by atoms with van der Waals surface area (Å²) in [5.74, 6) is -0.418. The van der Waals surface area contributed by atoms with E-state index in [4.69, 9.17) is 0 Å². The fourth-order valence-corrected chi connectivity index (χ4v) is 4.62. The van der Waals surface area contributed by atoms with Crippen molar-refractivity contribution in [1.29, 1.82) is 0 Å². The molecule has 0 saturated carbocycles. The van der Waals surface area contributed by atoms with Crippen molar-refractivity contribution in [3.63, 3.8) is 0 Å². The molecule has 2 N–H and O–H groups in total. The van der Waals surface area contributed by atoms with Crippen molar-refractivity contribution in [2.75, 3.05) is 19.6 Å². The number of hydrogen-bond donors (Lipinski definition) is 2. The molecule has 29 heavy (non-hydrogen) atoms. The van der Waals surface area contributed by atoms with Crippen LogP contribution in [0.4, 0.5) is 0 Å². The molecule has 4 rings (SSSR count). The average molecular weight is 395 g/mol. The zero-order valence-electron chi connectivity index (χ0n) is 16.3. The largest absolute Gasteiger partial charge is 0.387 e. The number of fused-ring (bicyclic) bond motifs is 4. The Morgan fingerprint density at radius 2 is 1.90 bits per heavy atom. The molecule has 0 radical (unpaired) electrons. The van der Waals surface area contributed by atoms with E-state index in [1.165, 1.54) is 13.0 Å². The molecule has 4 atom stereocenters. The van der Waals surface area contributed by atoms with Crippen molar-refractivity contribution >= 4 is 11.8 Å². The van der Waals surface area contributed by atoms with Gasteiger partial charge in [0.05, 0.1) is 6.10 Å². The quantitative estimate of drug-likeness (QED) is 0.814. The Balaban J connectivity index is 1.59. The van der Waals surface area contributed by atoms with E-state index in [-0.39, 0.29) is 35.8 Å². The molecule has 152 valence electrons. The van der Waals surface area contributed by atoms with Crippen LogP contribution in [-0.2, 0) is 9.59 Å². The van der Waals surface area contributed by atoms with E-state index in [9.17, 15) is 19.5 Å². The lowest BCUT2D eigenvalue weighted by atomic mass is 9.78. The van der Waals surface area contributed by atoms with Crippen LogP contribution in [0.15, 0.2) is 53.3 Å². The van der Waals surface area contributed by atoms with Gasteiger partial charge in [0.25, 0.3) is 5.56 Å². The second-order valence-corrected chi connectivity index (χ2v) is 7.89. The van der Waals surface area contributed by atoms with E-state index >= 15 is 0 Å². The number of amides is 2. The number of piperidine rings is 1. The number of carbonyl (C=O) groups excluding carboxylic acids is 2. The Kier molecular flexibility index (Phi) is 5.24. The molecule has 2 amide bonds. The minimum absolute atomic E-state index is 0.0231. The molecule has 0 aliphatic carbocycles. The topological polar surface area (TPSA) is 91.6 Å². The summed E-state index contributed by atoms with van der Waals surface area (Å²) in [5.41, 5.74) is 1.30. The minimum atomic E-state index is -0.830. The monoisotopic (exact) mass is 395 g/mol. The smallest absolute Gasteiger partial charge is 0.251 e. The maximum atomic E-state index is 13.1. The van der Waals surface area contributed by atoms with Gasteiger partial charge in [-0.15, -0.1) is 0 Å². The number of carbonyl (C=O) groups is 2. The summed E-state index contributed by atoms with van der Waals surface area (Å²) in [7, 11) is 0. The van der Waals surface area contributed by atoms with Crippen LogP contribution in [0.5, 0.6) is 0 Å². The fraction of sp³-hybridized carbons (Fsp3) is 0.409. The van der Waals surface area contributed by atoms with Gasteiger partial charge in [-0.3, -0.25) is 19.0 Å². The van der Waals surface area contributed by atoms with Gasteiger partial charge in [0.15, 0.2) is 0 Å². The summed E-state index contributed by atoms with van der Waals surface area (Å²) in [6, 6.07) is 13.5. The van der Waals surface area contributed by atoms with Gasteiger partial charge in [-0.1, -0.05) is 36.4 Å². The Labute approximate surface area is 169 Å². The number of rotatable bonds is 4. The Hall–Kier alpha value is -2.93. The fourth-order valence-electron chi connectivity index (χ4n) is 4.62. The molecule has 2 aliphatic heterocycles. The number of likely N-dealkylation sites (tertiary alicyclic amines) is 1. The van der Waals surface area contributed by atoms with Crippen LogP contribution in [0.3, 0.4) is 0 Å². The summed E-state index contributed by atoms with van der Waals surface area (Å²) in [6.07, 6.45) is -0.0736. The maximum Gasteiger partial charge on any atom is 0.251 e. The van der Waals surface area contributed by atoms with Crippen LogP contribution in [0, 0.1) is 5.92 Å². The highest BCUT2D eigenvalue weighted by Crippen LogP contribution is 2.41. The lowest BCUT2D eigenvalue weighted by molar-refractivity contribution is -0.135. The maximum absolute atomic E-state index is 13.1. The van der Waals surface area contributed by atoms with Gasteiger partial charge in [-0.25, -0.2) is 0 Å². The molecular formula is C22H25N3O4. The van der Waals surface area contributed by atoms with Crippen LogP contribution < -0.4 is 10.9 Å². The number of nitrogens with zero attached hydrogens (tertiary/aromatic N) is 2. The molecule has 1 fully saturated rings. The van der Waals surface area contributed by atoms with Gasteiger partial charge in [-0.2, -0.15) is 0 Å². The van der Waals surface area contributed by atoms with Gasteiger partial charge >= 0.3 is 0 Å². The van der Waals surface area contributed by atoms with E-state index < -0.39 is 12.1 Å². The average Bonchev–Trinajstić information content (AvgIpc) is 2.73. The van der Waals surface area contributed by atoms with Gasteiger partial charge in [0.2, 0.25) is 11.8 Å². The highest BCUT2D eigenvalue weighted by molar-refractivity contribution is 5.81. The zero-order chi connectivity index (χ0) is 20.5. The highest BCUT2D eigenvalue weighted by Gasteiger charge is 2.44. The Morgan fingerprint density at radius 3 is 2.62 bits per heavy atom. The highest BCUT2D eigenvalue weighted by atomic mass is 16.3. The van der Waals surface area contributed by atoms with Gasteiger partial charge in [-0.05, 0) is 18.1 Å². The van der Waals surface area contributed by atoms with Crippen LogP contribution >= 0.6 is 0 Å². The van der Waals surface area contributed by atoms with Crippen molar-refractivity contribution in [2.45, 2.75) is 31.4 Å². The molecule has 2 aliphatic rings. The van der Waals surface area contributed by atoms with Crippen LogP contribution in [0.25, 0.3) is 0 Å². The molecule has 1 aromatic carbocycles. The first-order valence-electron chi connectivity index (χ1n) is 9.93. The molecule has 1 saturated heterocycles. The number of hydrogen-bond acceptors (Lipinski definition) is 4. The summed E-state index contributed by atoms with van der Waals surface area (Å²) in [4.78, 5) is 39.5. The predicted octanol–water partition coefficient (Wildman–Crippen LogP) is 1.20. The van der Waals surface area contributed by atoms with Crippen molar-refractivity contribution < 1.29 is 14.7 Å². The number of aromatic nitrogens is 1. The first-order chi connectivity index (χ1) is 14.0. The molecule has 7 heteroatoms. The number of nitrogens with one attached hydrogen (secondary N) is 1. The molecular weight excluding hydrogens is 370 g/mol. The summed E-state index contributed by atoms with van der Waals surface area (Å²) < 4.78 is 1.58. The second-order valence-electron chi connectivity index (χ2n) is 7.89. The zero-order valence-corrected chi connectivity index (χ0v) is 16.3. The number of aliphatic hydroxyl groups is 1. The standard InChI is InChI=1S/C22H25N3O4/c1-14(26)24-12-16-10-17(13-24)21(25-18(16)8-5-9-20(25)28)22(29)23-11-19(27)15-6-3-2-4-7-15/h2-9,16-17,19,21,27H,10-13H2,1H3,(H,23,29)/t16-,17+,19+,21-/m1/s1. The molecule has 1 aromatic heterocycles. The van der Waals surface area contributed by atoms with Crippen LogP contribution in [-0.4, -0.2) is 46.0 Å². The molecule has 2 aromatic rings. The van der Waals surface area contributed by atoms with Crippen molar-refractivity contribution in [1.82, 2.24) is 14.8 Å². The summed E-state index contributed by atoms with van der Waals surface area (Å²) in [5, 5.41) is 13.2. The van der Waals surface area contributed by atoms with Crippen molar-refractivity contribution in [3.05, 3.63) is 70.1 Å². The SMILES string of the molecule is CC(=O)N1C[C@H]2C[C@@H](C1)[C@H](C(=O)NC[C@H](O)c1ccccc1)n1c2cccc1=O. The third kappa shape index (κ3) is 3.70. The third-order valence-electron chi connectivity index (χ3n) is 6.02. The Morgan fingerprint density at radius 1 is 1.14 bits per heavy atom. The third-order valence-corrected chi connectivity index (χ3v) is 6.02. The first kappa shape index (κ1) is 19.4. The Bertz CT molecular complexity index is 972. The molecule has 3 heterocycles. The van der Waals surface area contributed by atoms with Crippen LogP contribution in [0.2, 0.25) is 0 Å². The molecule has 0 spiro atoms. The summed E-state index contributed by atoms with van der Waals surface area (Å²) >= 11 is 0. The molecule has 0 unspecified atom stereocenters. The van der Waals surface area contributed by atoms with E-state index in [1.807, 2.05) is 24.3 Å². The van der Waals surface area contributed by atoms with Gasteiger partial charge in [0, 0.05) is 50.2 Å². The lowest BCUT2D eigenvalue weighted by Gasteiger charge is -2.46. The normalized spacial score (nSPS) is 23.8. The summed E-state index contributed by atoms with van der Waals surface area (Å²) in [6.45, 7) is 2.61. The van der Waals surface area contributed by atoms with E-state index in [0.29, 0.717) is 13.1 Å². The van der Waals surface area contributed by atoms with E-state index in [0.717, 1.165) is 17.7 Å². The number of benzene rings is 1. The van der Waals surface area contributed by atoms with Gasteiger partial charge < -0.3 is 15.3 Å². The predicted molar refractivity (Wildman–Crippen MR) is 107 cm³/mol. The second kappa shape index (κ2) is 7.83. The number of pyridine rings is 1.